The summed E-state index contributed by atoms with van der Waals surface area (Å²) in [4.78, 5) is 2.30. The Morgan fingerprint density at radius 2 is 2.18 bits per heavy atom. The number of nitrogens with one attached hydrogen (secondary N) is 1. The Kier molecular flexibility index (Phi) is 2.71. The maximum atomic E-state index is 5.65. The number of morpholine rings is 1. The summed E-state index contributed by atoms with van der Waals surface area (Å²) in [6, 6.07) is 0.913. The van der Waals surface area contributed by atoms with Gasteiger partial charge in [0.1, 0.15) is 0 Å². The fraction of sp³-hybridized carbons (Fsp3) is 0.818. The van der Waals surface area contributed by atoms with Gasteiger partial charge in [-0.1, -0.05) is 0 Å². The van der Waals surface area contributed by atoms with Crippen LogP contribution < -0.4 is 4.90 Å². The van der Waals surface area contributed by atoms with Crippen molar-refractivity contribution < 1.29 is 4.74 Å². The first-order valence-electron chi connectivity index (χ1n) is 6.22. The minimum atomic E-state index is 0.254. The van der Waals surface area contributed by atoms with E-state index < -0.39 is 0 Å². The Morgan fingerprint density at radius 1 is 1.41 bits per heavy atom. The zero-order valence-corrected chi connectivity index (χ0v) is 11.0. The van der Waals surface area contributed by atoms with E-state index >= 15 is 0 Å². The third-order valence-corrected chi connectivity index (χ3v) is 3.75. The Balaban J connectivity index is 1.94. The van der Waals surface area contributed by atoms with E-state index in [1.165, 1.54) is 12.8 Å². The fourth-order valence-corrected chi connectivity index (χ4v) is 2.62. The minimum absolute atomic E-state index is 0.254. The molecule has 17 heavy (non-hydrogen) atoms. The van der Waals surface area contributed by atoms with Gasteiger partial charge in [0, 0.05) is 12.6 Å². The predicted molar refractivity (Wildman–Crippen MR) is 67.9 cm³/mol. The van der Waals surface area contributed by atoms with Gasteiger partial charge in [-0.2, -0.15) is 0 Å². The fourth-order valence-electron chi connectivity index (χ4n) is 2.34. The highest BCUT2D eigenvalue weighted by molar-refractivity contribution is 7.71. The van der Waals surface area contributed by atoms with Crippen molar-refractivity contribution in [2.45, 2.75) is 44.9 Å². The molecule has 1 aliphatic heterocycles. The molecule has 6 heteroatoms. The van der Waals surface area contributed by atoms with Crippen LogP contribution in [0, 0.1) is 4.77 Å². The maximum absolute atomic E-state index is 5.65. The number of hydrogen-bond acceptors (Lipinski definition) is 4. The first kappa shape index (κ1) is 11.2. The largest absolute Gasteiger partial charge is 0.375 e. The molecule has 0 spiro atoms. The summed E-state index contributed by atoms with van der Waals surface area (Å²) >= 11 is 5.31. The van der Waals surface area contributed by atoms with E-state index in [-0.39, 0.29) is 6.10 Å². The van der Waals surface area contributed by atoms with Crippen molar-refractivity contribution in [1.29, 1.82) is 0 Å². The van der Waals surface area contributed by atoms with Gasteiger partial charge in [0.15, 0.2) is 4.77 Å². The third kappa shape index (κ3) is 1.99. The molecule has 1 aromatic heterocycles. The Labute approximate surface area is 106 Å². The SMILES string of the molecule is CC1CN(c2n[nH]c(=S)n2C2CC2)C(C)CO1. The van der Waals surface area contributed by atoms with E-state index in [9.17, 15) is 0 Å². The van der Waals surface area contributed by atoms with Crippen molar-refractivity contribution >= 4 is 18.2 Å². The molecule has 3 rings (SSSR count). The molecule has 0 amide bonds. The van der Waals surface area contributed by atoms with Gasteiger partial charge in [0.2, 0.25) is 5.95 Å². The molecule has 2 heterocycles. The molecule has 1 saturated heterocycles. The summed E-state index contributed by atoms with van der Waals surface area (Å²) in [5.74, 6) is 0.986. The molecule has 0 aromatic carbocycles. The van der Waals surface area contributed by atoms with Crippen LogP contribution in [-0.2, 0) is 4.74 Å². The van der Waals surface area contributed by atoms with E-state index in [0.717, 1.165) is 23.9 Å². The van der Waals surface area contributed by atoms with Crippen molar-refractivity contribution in [1.82, 2.24) is 14.8 Å². The minimum Gasteiger partial charge on any atom is -0.375 e. The molecule has 1 saturated carbocycles. The lowest BCUT2D eigenvalue weighted by Gasteiger charge is -2.37. The number of ether oxygens (including phenoxy) is 1. The Hall–Kier alpha value is -0.880. The standard InChI is InChI=1S/C11H18N4OS/c1-7-6-16-8(2)5-14(7)10-12-13-11(17)15(10)9-3-4-9/h7-9H,3-6H2,1-2H3,(H,13,17). The molecule has 2 aliphatic rings. The summed E-state index contributed by atoms with van der Waals surface area (Å²) in [5.41, 5.74) is 0. The van der Waals surface area contributed by atoms with Gasteiger partial charge in [-0.15, -0.1) is 5.10 Å². The van der Waals surface area contributed by atoms with Crippen molar-refractivity contribution in [3.63, 3.8) is 0 Å². The van der Waals surface area contributed by atoms with Crippen LogP contribution in [0.15, 0.2) is 0 Å². The molecule has 5 nitrogen and oxygen atoms in total. The number of H-pyrrole nitrogens is 1. The number of aromatic nitrogens is 3. The summed E-state index contributed by atoms with van der Waals surface area (Å²) in [6.07, 6.45) is 2.69. The lowest BCUT2D eigenvalue weighted by atomic mass is 10.2. The van der Waals surface area contributed by atoms with Gasteiger partial charge < -0.3 is 9.64 Å². The van der Waals surface area contributed by atoms with Gasteiger partial charge in [-0.3, -0.25) is 4.57 Å². The van der Waals surface area contributed by atoms with Crippen molar-refractivity contribution in [2.24, 2.45) is 0 Å². The molecular weight excluding hydrogens is 236 g/mol. The number of nitrogens with zero attached hydrogens (tertiary/aromatic N) is 3. The van der Waals surface area contributed by atoms with Crippen molar-refractivity contribution in [3.05, 3.63) is 4.77 Å². The normalized spacial score (nSPS) is 29.6. The number of rotatable bonds is 2. The summed E-state index contributed by atoms with van der Waals surface area (Å²) in [5, 5.41) is 7.33. The molecule has 2 atom stereocenters. The quantitative estimate of drug-likeness (QED) is 0.819. The number of hydrogen-bond donors (Lipinski definition) is 1. The zero-order chi connectivity index (χ0) is 12.0. The van der Waals surface area contributed by atoms with E-state index in [1.807, 2.05) is 0 Å². The van der Waals surface area contributed by atoms with Gasteiger partial charge >= 0.3 is 0 Å². The van der Waals surface area contributed by atoms with Crippen LogP contribution in [0.5, 0.6) is 0 Å². The van der Waals surface area contributed by atoms with Crippen LogP contribution in [-0.4, -0.2) is 40.1 Å². The molecule has 94 valence electrons. The predicted octanol–water partition coefficient (Wildman–Crippen LogP) is 1.89. The lowest BCUT2D eigenvalue weighted by molar-refractivity contribution is 0.0334. The monoisotopic (exact) mass is 254 g/mol. The van der Waals surface area contributed by atoms with E-state index in [2.05, 4.69) is 33.5 Å². The molecule has 2 fully saturated rings. The van der Waals surface area contributed by atoms with Crippen LogP contribution in [0.25, 0.3) is 0 Å². The Bertz CT molecular complexity index is 464. The van der Waals surface area contributed by atoms with Crippen LogP contribution in [0.4, 0.5) is 5.95 Å². The lowest BCUT2D eigenvalue weighted by Crippen LogP contribution is -2.48. The highest BCUT2D eigenvalue weighted by Crippen LogP contribution is 2.38. The first-order valence-corrected chi connectivity index (χ1v) is 6.63. The third-order valence-electron chi connectivity index (χ3n) is 3.46. The highest BCUT2D eigenvalue weighted by Gasteiger charge is 2.32. The second kappa shape index (κ2) is 4.10. The average Bonchev–Trinajstić information content (AvgIpc) is 3.06. The Morgan fingerprint density at radius 3 is 2.88 bits per heavy atom. The number of aromatic amines is 1. The second-order valence-electron chi connectivity index (χ2n) is 5.08. The van der Waals surface area contributed by atoms with Gasteiger partial charge in [0.25, 0.3) is 0 Å². The smallest absolute Gasteiger partial charge is 0.226 e. The van der Waals surface area contributed by atoms with Gasteiger partial charge in [-0.25, -0.2) is 5.10 Å². The van der Waals surface area contributed by atoms with Crippen LogP contribution >= 0.6 is 12.2 Å². The number of anilines is 1. The highest BCUT2D eigenvalue weighted by atomic mass is 32.1. The maximum Gasteiger partial charge on any atom is 0.226 e. The average molecular weight is 254 g/mol. The van der Waals surface area contributed by atoms with E-state index in [0.29, 0.717) is 12.1 Å². The summed E-state index contributed by atoms with van der Waals surface area (Å²) in [7, 11) is 0. The van der Waals surface area contributed by atoms with Crippen molar-refractivity contribution in [2.75, 3.05) is 18.1 Å². The summed E-state index contributed by atoms with van der Waals surface area (Å²) in [6.45, 7) is 5.90. The molecule has 2 unspecified atom stereocenters. The van der Waals surface area contributed by atoms with Crippen LogP contribution in [0.1, 0.15) is 32.7 Å². The van der Waals surface area contributed by atoms with Gasteiger partial charge in [-0.05, 0) is 38.9 Å². The molecule has 0 radical (unpaired) electrons. The molecule has 1 aliphatic carbocycles. The molecule has 0 bridgehead atoms. The molecule has 1 N–H and O–H groups in total. The van der Waals surface area contributed by atoms with Crippen molar-refractivity contribution in [3.8, 4) is 0 Å². The zero-order valence-electron chi connectivity index (χ0n) is 10.2. The van der Waals surface area contributed by atoms with E-state index in [4.69, 9.17) is 17.0 Å². The second-order valence-corrected chi connectivity index (χ2v) is 5.46. The molecule has 1 aromatic rings. The van der Waals surface area contributed by atoms with Crippen LogP contribution in [0.2, 0.25) is 0 Å². The first-order chi connectivity index (χ1) is 8.16. The van der Waals surface area contributed by atoms with Gasteiger partial charge in [0.05, 0.1) is 18.8 Å². The molecular formula is C11H18N4OS. The van der Waals surface area contributed by atoms with Crippen LogP contribution in [0.3, 0.4) is 0 Å². The summed E-state index contributed by atoms with van der Waals surface area (Å²) < 4.78 is 8.56. The topological polar surface area (TPSA) is 46.1 Å². The van der Waals surface area contributed by atoms with E-state index in [1.54, 1.807) is 0 Å².